The molecule has 0 fully saturated rings. The normalized spacial score (nSPS) is 19.9. The van der Waals surface area contributed by atoms with Gasteiger partial charge in [-0.3, -0.25) is 0 Å². The summed E-state index contributed by atoms with van der Waals surface area (Å²) in [5.41, 5.74) is 3.03. The molecule has 3 aromatic carbocycles. The third-order valence-corrected chi connectivity index (χ3v) is 13.2. The van der Waals surface area contributed by atoms with Crippen LogP contribution >= 0.6 is 0 Å². The van der Waals surface area contributed by atoms with Crippen molar-refractivity contribution in [2.45, 2.75) is 76.5 Å². The van der Waals surface area contributed by atoms with Gasteiger partial charge >= 0.3 is 5.97 Å². The van der Waals surface area contributed by atoms with E-state index in [0.717, 1.165) is 46.3 Å². The van der Waals surface area contributed by atoms with Crippen molar-refractivity contribution >= 4 is 14.3 Å². The van der Waals surface area contributed by atoms with Gasteiger partial charge in [0.05, 0.1) is 39.1 Å². The van der Waals surface area contributed by atoms with E-state index in [1.54, 1.807) is 38.5 Å². The molecule has 4 rings (SSSR count). The third kappa shape index (κ3) is 9.05. The molecule has 0 radical (unpaired) electrons. The lowest BCUT2D eigenvalue weighted by atomic mass is 9.89. The molecule has 1 aliphatic rings. The molecular weight excluding hydrogens is 588 g/mol. The van der Waals surface area contributed by atoms with Crippen molar-refractivity contribution in [2.75, 3.05) is 20.8 Å². The van der Waals surface area contributed by atoms with Gasteiger partial charge < -0.3 is 33.2 Å². The van der Waals surface area contributed by atoms with Gasteiger partial charge in [-0.1, -0.05) is 63.2 Å². The summed E-state index contributed by atoms with van der Waals surface area (Å²) in [6, 6.07) is 26.8. The molecule has 3 aromatic rings. The second kappa shape index (κ2) is 16.7. The van der Waals surface area contributed by atoms with Gasteiger partial charge in [0.15, 0.2) is 8.32 Å². The number of aliphatic hydroxyl groups is 1. The van der Waals surface area contributed by atoms with Gasteiger partial charge in [-0.05, 0) is 77.3 Å². The number of rotatable bonds is 16. The first kappa shape index (κ1) is 34.4. The van der Waals surface area contributed by atoms with Crippen LogP contribution in [0.5, 0.6) is 11.5 Å². The first-order valence-corrected chi connectivity index (χ1v) is 18.2. The molecule has 0 saturated heterocycles. The lowest BCUT2D eigenvalue weighted by Crippen LogP contribution is -2.56. The topological polar surface area (TPSA) is 92.7 Å². The molecular formula is C36H46O8Si. The molecule has 0 heterocycles. The van der Waals surface area contributed by atoms with Crippen molar-refractivity contribution in [1.82, 2.24) is 0 Å². The first-order valence-electron chi connectivity index (χ1n) is 15.6. The van der Waals surface area contributed by atoms with Gasteiger partial charge in [0.25, 0.3) is 0 Å². The summed E-state index contributed by atoms with van der Waals surface area (Å²) in [6.45, 7) is 6.96. The smallest absolute Gasteiger partial charge is 0.338 e. The van der Waals surface area contributed by atoms with Gasteiger partial charge in [0, 0.05) is 0 Å². The molecule has 242 valence electrons. The average Bonchev–Trinajstić information content (AvgIpc) is 3.10. The van der Waals surface area contributed by atoms with E-state index >= 15 is 0 Å². The Kier molecular flexibility index (Phi) is 12.8. The first-order chi connectivity index (χ1) is 21.8. The Morgan fingerprint density at radius 2 is 1.27 bits per heavy atom. The second-order valence-corrected chi connectivity index (χ2v) is 15.9. The maximum Gasteiger partial charge on any atom is 0.338 e. The van der Waals surface area contributed by atoms with E-state index in [2.05, 4.69) is 20.8 Å². The van der Waals surface area contributed by atoms with Gasteiger partial charge in [-0.2, -0.15) is 0 Å². The van der Waals surface area contributed by atoms with E-state index in [-0.39, 0.29) is 19.8 Å². The van der Waals surface area contributed by atoms with Crippen LogP contribution in [0.2, 0.25) is 18.1 Å². The number of methoxy groups -OCH3 is 2. The maximum absolute atomic E-state index is 13.0. The summed E-state index contributed by atoms with van der Waals surface area (Å²) in [4.78, 5) is 13.0. The fourth-order valence-electron chi connectivity index (χ4n) is 5.49. The Morgan fingerprint density at radius 1 is 0.733 bits per heavy atom. The molecule has 0 bridgehead atoms. The zero-order valence-corrected chi connectivity index (χ0v) is 27.9. The lowest BCUT2D eigenvalue weighted by molar-refractivity contribution is -0.142. The maximum atomic E-state index is 13.0. The second-order valence-electron chi connectivity index (χ2n) is 11.2. The van der Waals surface area contributed by atoms with Gasteiger partial charge in [-0.15, -0.1) is 0 Å². The van der Waals surface area contributed by atoms with Crippen molar-refractivity contribution in [3.05, 3.63) is 107 Å². The summed E-state index contributed by atoms with van der Waals surface area (Å²) < 4.78 is 36.2. The highest BCUT2D eigenvalue weighted by Gasteiger charge is 2.45. The Bertz CT molecular complexity index is 1350. The van der Waals surface area contributed by atoms with Gasteiger partial charge in [0.2, 0.25) is 0 Å². The molecule has 1 aliphatic carbocycles. The van der Waals surface area contributed by atoms with Crippen LogP contribution in [0.1, 0.15) is 42.3 Å². The number of benzene rings is 3. The van der Waals surface area contributed by atoms with Crippen molar-refractivity contribution in [3.8, 4) is 11.5 Å². The highest BCUT2D eigenvalue weighted by molar-refractivity contribution is 6.73. The van der Waals surface area contributed by atoms with Crippen LogP contribution in [0.15, 0.2) is 90.5 Å². The number of ether oxygens (including phenoxy) is 5. The minimum atomic E-state index is -2.20. The summed E-state index contributed by atoms with van der Waals surface area (Å²) in [5, 5.41) is 11.8. The van der Waals surface area contributed by atoms with Crippen molar-refractivity contribution in [1.29, 1.82) is 0 Å². The van der Waals surface area contributed by atoms with Crippen LogP contribution in [0.4, 0.5) is 0 Å². The minimum Gasteiger partial charge on any atom is -0.497 e. The van der Waals surface area contributed by atoms with E-state index in [1.165, 1.54) is 0 Å². The molecule has 0 amide bonds. The Hall–Kier alpha value is -3.47. The summed E-state index contributed by atoms with van der Waals surface area (Å²) in [6.07, 6.45) is -1.28. The molecule has 0 spiro atoms. The molecule has 0 aliphatic heterocycles. The zero-order chi connectivity index (χ0) is 32.2. The average molecular weight is 635 g/mol. The predicted molar refractivity (Wildman–Crippen MR) is 176 cm³/mol. The van der Waals surface area contributed by atoms with Crippen molar-refractivity contribution < 1.29 is 38.0 Å². The zero-order valence-electron chi connectivity index (χ0n) is 26.9. The standard InChI is InChI=1S/C36H46O8Si/c1-6-45(7-2,8-3)44-34-29(25-43-36(38)28-12-10-9-11-13-28)22-32(41-23-26-14-18-30(39-4)19-15-26)33(37)35(34)42-24-27-16-20-31(40-5)21-17-27/h9-22,32-35,37H,6-8,23-25H2,1-5H3/t32-,33+,34-,35-/m1/s1. The molecule has 0 aromatic heterocycles. The van der Waals surface area contributed by atoms with Crippen molar-refractivity contribution in [3.63, 3.8) is 0 Å². The van der Waals surface area contributed by atoms with Crippen LogP contribution in [0.25, 0.3) is 0 Å². The van der Waals surface area contributed by atoms with Gasteiger partial charge in [-0.25, -0.2) is 4.79 Å². The number of hydrogen-bond acceptors (Lipinski definition) is 8. The third-order valence-electron chi connectivity index (χ3n) is 8.61. The van der Waals surface area contributed by atoms with E-state index < -0.39 is 38.7 Å². The van der Waals surface area contributed by atoms with Crippen LogP contribution in [-0.4, -0.2) is 64.6 Å². The van der Waals surface area contributed by atoms with E-state index in [1.807, 2.05) is 60.7 Å². The Labute approximate surface area is 268 Å². The number of carbonyl (C=O) groups is 1. The fourth-order valence-corrected chi connectivity index (χ4v) is 8.32. The SMILES string of the molecule is CC[Si](CC)(CC)O[C@@H]1C(COC(=O)c2ccccc2)=C[C@@H](OCc2ccc(OC)cc2)[C@H](O)[C@H]1OCc1ccc(OC)cc1. The van der Waals surface area contributed by atoms with Crippen LogP contribution in [0, 0.1) is 0 Å². The summed E-state index contributed by atoms with van der Waals surface area (Å²) in [5.74, 6) is 1.07. The number of carbonyl (C=O) groups excluding carboxylic acids is 1. The molecule has 0 unspecified atom stereocenters. The molecule has 8 nitrogen and oxygen atoms in total. The number of aliphatic hydroxyl groups excluding tert-OH is 1. The van der Waals surface area contributed by atoms with Gasteiger partial charge in [0.1, 0.15) is 36.4 Å². The quantitative estimate of drug-likeness (QED) is 0.105. The predicted octanol–water partition coefficient (Wildman–Crippen LogP) is 6.72. The molecule has 4 atom stereocenters. The Morgan fingerprint density at radius 3 is 1.78 bits per heavy atom. The van der Waals surface area contributed by atoms with Crippen LogP contribution in [0.3, 0.4) is 0 Å². The lowest BCUT2D eigenvalue weighted by Gasteiger charge is -2.43. The van der Waals surface area contributed by atoms with Crippen molar-refractivity contribution in [2.24, 2.45) is 0 Å². The van der Waals surface area contributed by atoms with Crippen LogP contribution in [-0.2, 0) is 31.9 Å². The summed E-state index contributed by atoms with van der Waals surface area (Å²) in [7, 11) is 1.05. The number of hydrogen-bond donors (Lipinski definition) is 1. The monoisotopic (exact) mass is 634 g/mol. The largest absolute Gasteiger partial charge is 0.497 e. The van der Waals surface area contributed by atoms with Crippen LogP contribution < -0.4 is 9.47 Å². The molecule has 45 heavy (non-hydrogen) atoms. The molecule has 1 N–H and O–H groups in total. The number of esters is 1. The fraction of sp³-hybridized carbons (Fsp3) is 0.417. The Balaban J connectivity index is 1.65. The molecule has 9 heteroatoms. The van der Waals surface area contributed by atoms with E-state index in [4.69, 9.17) is 28.1 Å². The van der Waals surface area contributed by atoms with E-state index in [9.17, 15) is 9.90 Å². The van der Waals surface area contributed by atoms with E-state index in [0.29, 0.717) is 5.56 Å². The highest BCUT2D eigenvalue weighted by Crippen LogP contribution is 2.34. The summed E-state index contributed by atoms with van der Waals surface area (Å²) >= 11 is 0. The molecule has 0 saturated carbocycles. The minimum absolute atomic E-state index is 0.0163. The highest BCUT2D eigenvalue weighted by atomic mass is 28.4.